The molecule has 0 spiro atoms. The van der Waals surface area contributed by atoms with E-state index in [-0.39, 0.29) is 0 Å². The molecule has 0 unspecified atom stereocenters. The van der Waals surface area contributed by atoms with Crippen LogP contribution in [0.5, 0.6) is 5.75 Å². The van der Waals surface area contributed by atoms with Crippen molar-refractivity contribution in [2.24, 2.45) is 0 Å². The lowest BCUT2D eigenvalue weighted by atomic mass is 10.1. The molecule has 4 heteroatoms. The predicted molar refractivity (Wildman–Crippen MR) is 101 cm³/mol. The number of para-hydroxylation sites is 1. The molecular formula is C20H31N3O. The van der Waals surface area contributed by atoms with Gasteiger partial charge in [0.15, 0.2) is 0 Å². The van der Waals surface area contributed by atoms with E-state index in [4.69, 9.17) is 10.1 Å². The van der Waals surface area contributed by atoms with Crippen molar-refractivity contribution in [3.8, 4) is 5.75 Å². The lowest BCUT2D eigenvalue weighted by Crippen LogP contribution is -2.31. The van der Waals surface area contributed by atoms with Crippen molar-refractivity contribution >= 4 is 5.71 Å². The van der Waals surface area contributed by atoms with E-state index in [1.165, 1.54) is 32.4 Å². The molecule has 0 bridgehead atoms. The van der Waals surface area contributed by atoms with Crippen LogP contribution in [0.1, 0.15) is 38.2 Å². The summed E-state index contributed by atoms with van der Waals surface area (Å²) < 4.78 is 6.00. The highest BCUT2D eigenvalue weighted by molar-refractivity contribution is 5.93. The summed E-state index contributed by atoms with van der Waals surface area (Å²) in [6.07, 6.45) is 8.86. The number of rotatable bonds is 10. The van der Waals surface area contributed by atoms with Crippen LogP contribution in [-0.4, -0.2) is 43.4 Å². The van der Waals surface area contributed by atoms with Crippen LogP contribution in [0.25, 0.3) is 0 Å². The first-order valence-electron chi connectivity index (χ1n) is 9.13. The number of allylic oxidation sites excluding steroid dienone is 1. The zero-order chi connectivity index (χ0) is 17.0. The zero-order valence-corrected chi connectivity index (χ0v) is 14.9. The van der Waals surface area contributed by atoms with Gasteiger partial charge in [-0.3, -0.25) is 0 Å². The van der Waals surface area contributed by atoms with Crippen molar-refractivity contribution in [3.63, 3.8) is 0 Å². The average molecular weight is 329 g/mol. The maximum Gasteiger partial charge on any atom is 0.123 e. The van der Waals surface area contributed by atoms with Crippen LogP contribution in [0, 0.1) is 5.41 Å². The Labute approximate surface area is 146 Å². The average Bonchev–Trinajstić information content (AvgIpc) is 2.61. The number of nitrogens with zero attached hydrogens (tertiary/aromatic N) is 1. The van der Waals surface area contributed by atoms with Crippen LogP contribution in [0.2, 0.25) is 0 Å². The van der Waals surface area contributed by atoms with Gasteiger partial charge in [-0.05, 0) is 51.4 Å². The first kappa shape index (κ1) is 18.7. The van der Waals surface area contributed by atoms with Gasteiger partial charge in [0.05, 0.1) is 6.61 Å². The molecular weight excluding hydrogens is 298 g/mol. The molecule has 0 aliphatic carbocycles. The molecule has 0 amide bonds. The molecule has 0 aromatic heterocycles. The molecule has 0 saturated carbocycles. The SMILES string of the molecule is CC=CC(=N)CNCc1ccccc1OCCCN1CCCCC1. The Kier molecular flexibility index (Phi) is 8.56. The van der Waals surface area contributed by atoms with Crippen LogP contribution in [0.15, 0.2) is 36.4 Å². The van der Waals surface area contributed by atoms with Crippen molar-refractivity contribution in [3.05, 3.63) is 42.0 Å². The van der Waals surface area contributed by atoms with Crippen molar-refractivity contribution < 1.29 is 4.74 Å². The minimum absolute atomic E-state index is 0.577. The fourth-order valence-electron chi connectivity index (χ4n) is 3.04. The summed E-state index contributed by atoms with van der Waals surface area (Å²) in [5, 5.41) is 11.1. The molecule has 4 nitrogen and oxygen atoms in total. The van der Waals surface area contributed by atoms with Crippen molar-refractivity contribution in [2.75, 3.05) is 32.8 Å². The monoisotopic (exact) mass is 329 g/mol. The molecule has 0 radical (unpaired) electrons. The number of piperidine rings is 1. The smallest absolute Gasteiger partial charge is 0.123 e. The summed E-state index contributed by atoms with van der Waals surface area (Å²) in [6.45, 7) is 7.64. The van der Waals surface area contributed by atoms with Crippen molar-refractivity contribution in [1.82, 2.24) is 10.2 Å². The standard InChI is InChI=1S/C20H31N3O/c1-2-9-19(21)17-22-16-18-10-4-5-11-20(18)24-15-8-14-23-12-6-3-7-13-23/h2,4-5,9-11,21-22H,3,6-8,12-17H2,1H3. The van der Waals surface area contributed by atoms with Crippen LogP contribution in [0.3, 0.4) is 0 Å². The van der Waals surface area contributed by atoms with Gasteiger partial charge in [0.1, 0.15) is 5.75 Å². The summed E-state index contributed by atoms with van der Waals surface area (Å²) in [5.41, 5.74) is 1.75. The summed E-state index contributed by atoms with van der Waals surface area (Å²) in [6, 6.07) is 8.18. The fraction of sp³-hybridized carbons (Fsp3) is 0.550. The lowest BCUT2D eigenvalue weighted by molar-refractivity contribution is 0.204. The Balaban J connectivity index is 1.71. The topological polar surface area (TPSA) is 48.4 Å². The molecule has 1 aromatic rings. The second-order valence-corrected chi connectivity index (χ2v) is 6.34. The number of hydrogen-bond acceptors (Lipinski definition) is 4. The van der Waals surface area contributed by atoms with Gasteiger partial charge in [-0.15, -0.1) is 0 Å². The van der Waals surface area contributed by atoms with Crippen molar-refractivity contribution in [1.29, 1.82) is 5.41 Å². The molecule has 1 fully saturated rings. The van der Waals surface area contributed by atoms with E-state index in [0.29, 0.717) is 12.3 Å². The summed E-state index contributed by atoms with van der Waals surface area (Å²) >= 11 is 0. The quantitative estimate of drug-likeness (QED) is 0.509. The normalized spacial score (nSPS) is 15.7. The third kappa shape index (κ3) is 6.85. The molecule has 132 valence electrons. The molecule has 1 saturated heterocycles. The molecule has 2 N–H and O–H groups in total. The van der Waals surface area contributed by atoms with Gasteiger partial charge in [0.25, 0.3) is 0 Å². The van der Waals surface area contributed by atoms with E-state index in [1.54, 1.807) is 0 Å². The molecule has 0 atom stereocenters. The minimum Gasteiger partial charge on any atom is -0.493 e. The number of ether oxygens (including phenoxy) is 1. The second kappa shape index (κ2) is 11.0. The van der Waals surface area contributed by atoms with Gasteiger partial charge in [-0.2, -0.15) is 0 Å². The van der Waals surface area contributed by atoms with Crippen LogP contribution >= 0.6 is 0 Å². The van der Waals surface area contributed by atoms with E-state index in [0.717, 1.165) is 37.4 Å². The number of likely N-dealkylation sites (tertiary alicyclic amines) is 1. The third-order valence-electron chi connectivity index (χ3n) is 4.30. The van der Waals surface area contributed by atoms with Crippen LogP contribution in [-0.2, 0) is 6.54 Å². The Hall–Kier alpha value is -1.65. The summed E-state index contributed by atoms with van der Waals surface area (Å²) in [5.74, 6) is 0.959. The molecule has 1 heterocycles. The van der Waals surface area contributed by atoms with Gasteiger partial charge in [-0.25, -0.2) is 0 Å². The highest BCUT2D eigenvalue weighted by Gasteiger charge is 2.09. The van der Waals surface area contributed by atoms with Crippen LogP contribution in [0.4, 0.5) is 0 Å². The van der Waals surface area contributed by atoms with E-state index in [9.17, 15) is 0 Å². The largest absolute Gasteiger partial charge is 0.493 e. The van der Waals surface area contributed by atoms with Crippen molar-refractivity contribution in [2.45, 2.75) is 39.2 Å². The van der Waals surface area contributed by atoms with E-state index >= 15 is 0 Å². The fourth-order valence-corrected chi connectivity index (χ4v) is 3.04. The minimum atomic E-state index is 0.577. The molecule has 1 aliphatic heterocycles. The number of benzene rings is 1. The van der Waals surface area contributed by atoms with Gasteiger partial charge < -0.3 is 20.4 Å². The predicted octanol–water partition coefficient (Wildman–Crippen LogP) is 3.63. The molecule has 2 rings (SSSR count). The zero-order valence-electron chi connectivity index (χ0n) is 14.9. The Morgan fingerprint density at radius 3 is 2.83 bits per heavy atom. The van der Waals surface area contributed by atoms with Crippen LogP contribution < -0.4 is 10.1 Å². The maximum absolute atomic E-state index is 7.76. The number of nitrogens with one attached hydrogen (secondary N) is 2. The Bertz CT molecular complexity index is 521. The summed E-state index contributed by atoms with van der Waals surface area (Å²) in [4.78, 5) is 2.55. The lowest BCUT2D eigenvalue weighted by Gasteiger charge is -2.26. The highest BCUT2D eigenvalue weighted by Crippen LogP contribution is 2.18. The third-order valence-corrected chi connectivity index (χ3v) is 4.30. The Morgan fingerprint density at radius 2 is 2.04 bits per heavy atom. The first-order valence-corrected chi connectivity index (χ1v) is 9.13. The Morgan fingerprint density at radius 1 is 1.25 bits per heavy atom. The van der Waals surface area contributed by atoms with E-state index < -0.39 is 0 Å². The van der Waals surface area contributed by atoms with Gasteiger partial charge >= 0.3 is 0 Å². The van der Waals surface area contributed by atoms with Gasteiger partial charge in [0, 0.05) is 30.9 Å². The molecule has 24 heavy (non-hydrogen) atoms. The molecule has 1 aromatic carbocycles. The molecule has 1 aliphatic rings. The summed E-state index contributed by atoms with van der Waals surface area (Å²) in [7, 11) is 0. The highest BCUT2D eigenvalue weighted by atomic mass is 16.5. The van der Waals surface area contributed by atoms with Gasteiger partial charge in [0.2, 0.25) is 0 Å². The van der Waals surface area contributed by atoms with E-state index in [1.807, 2.05) is 37.3 Å². The number of hydrogen-bond donors (Lipinski definition) is 2. The first-order chi connectivity index (χ1) is 11.8. The maximum atomic E-state index is 7.76. The van der Waals surface area contributed by atoms with Gasteiger partial charge in [-0.1, -0.05) is 30.7 Å². The van der Waals surface area contributed by atoms with E-state index in [2.05, 4.69) is 16.3 Å². The second-order valence-electron chi connectivity index (χ2n) is 6.34.